The molecule has 0 aliphatic rings. The second-order valence-corrected chi connectivity index (χ2v) is 40.1. The van der Waals surface area contributed by atoms with Crippen molar-refractivity contribution in [1.82, 2.24) is 0 Å². The van der Waals surface area contributed by atoms with Crippen LogP contribution in [0.5, 0.6) is 0 Å². The number of aliphatic carboxylic acids is 8. The standard InChI is InChI=1S/4C18H36O2.4C12H24O2.2Zr/c4*1-2-3-4-5-6-7-8-9-10-11-12-13-14-15-16-17-18(19)20;4*1-2-3-4-5-6-7-8-9-10-11-12(13)14;;/h4*2-17H2,1H3,(H,19,20);4*2-11H2,1H3,(H,13,14);;/q;;;;;;;;2*+4/p-8. The summed E-state index contributed by atoms with van der Waals surface area (Å²) in [5.41, 5.74) is 0. The summed E-state index contributed by atoms with van der Waals surface area (Å²) < 4.78 is 0. The van der Waals surface area contributed by atoms with Gasteiger partial charge in [-0.15, -0.1) is 0 Å². The van der Waals surface area contributed by atoms with Gasteiger partial charge in [0.15, 0.2) is 0 Å². The Morgan fingerprint density at radius 1 is 0.0942 bits per heavy atom. The first-order chi connectivity index (χ1) is 66.2. The number of hydrogen-bond donors (Lipinski definition) is 0. The van der Waals surface area contributed by atoms with Gasteiger partial charge in [-0.3, -0.25) is 0 Å². The van der Waals surface area contributed by atoms with Gasteiger partial charge >= 0.3 is 52.4 Å². The maximum absolute atomic E-state index is 10.2. The Kier molecular flexibility index (Phi) is 172. The summed E-state index contributed by atoms with van der Waals surface area (Å²) in [4.78, 5) is 81.3. The molecule has 816 valence electrons. The molecule has 18 heteroatoms. The third kappa shape index (κ3) is 195. The average molecular weight is 2110 g/mol. The topological polar surface area (TPSA) is 321 Å². The minimum absolute atomic E-state index is 0. The molecule has 0 bridgehead atoms. The number of carbonyl (C=O) groups excluding carboxylic acids is 8. The minimum Gasteiger partial charge on any atom is -0.550 e. The van der Waals surface area contributed by atoms with Crippen molar-refractivity contribution >= 4 is 47.8 Å². The summed E-state index contributed by atoms with van der Waals surface area (Å²) in [6.07, 6.45) is 124. The Morgan fingerprint density at radius 3 is 0.181 bits per heavy atom. The van der Waals surface area contributed by atoms with E-state index in [1.807, 2.05) is 0 Å². The number of hydrogen-bond acceptors (Lipinski definition) is 16. The molecular formula is C120H232O16Zr2. The second kappa shape index (κ2) is 152. The van der Waals surface area contributed by atoms with Crippen molar-refractivity contribution < 1.29 is 132 Å². The molecule has 0 aliphatic carbocycles. The fraction of sp³-hybridized carbons (Fsp3) is 0.933. The average Bonchev–Trinajstić information content (AvgIpc) is 1.11. The third-order valence-electron chi connectivity index (χ3n) is 25.9. The van der Waals surface area contributed by atoms with Crippen LogP contribution in [0.2, 0.25) is 0 Å². The van der Waals surface area contributed by atoms with E-state index in [1.165, 1.54) is 514 Å². The van der Waals surface area contributed by atoms with Crippen LogP contribution in [-0.4, -0.2) is 47.8 Å². The predicted octanol–water partition coefficient (Wildman–Crippen LogP) is 30.6. The number of unbranched alkanes of at least 4 members (excludes halogenated alkanes) is 88. The van der Waals surface area contributed by atoms with Gasteiger partial charge in [-0.25, -0.2) is 0 Å². The Morgan fingerprint density at radius 2 is 0.138 bits per heavy atom. The molecule has 0 fully saturated rings. The number of carbonyl (C=O) groups is 8. The van der Waals surface area contributed by atoms with Crippen molar-refractivity contribution in [2.75, 3.05) is 0 Å². The Hall–Kier alpha value is -2.47. The van der Waals surface area contributed by atoms with Crippen molar-refractivity contribution in [3.05, 3.63) is 0 Å². The van der Waals surface area contributed by atoms with Crippen molar-refractivity contribution in [1.29, 1.82) is 0 Å². The molecule has 0 aromatic heterocycles. The Balaban J connectivity index is -0.000000170. The van der Waals surface area contributed by atoms with Crippen LogP contribution in [0, 0.1) is 0 Å². The molecule has 0 heterocycles. The van der Waals surface area contributed by atoms with Gasteiger partial charge in [0.2, 0.25) is 0 Å². The van der Waals surface area contributed by atoms with Crippen LogP contribution in [-0.2, 0) is 90.8 Å². The Labute approximate surface area is 895 Å². The maximum atomic E-state index is 10.2. The van der Waals surface area contributed by atoms with Gasteiger partial charge in [0, 0.05) is 47.8 Å². The Bertz CT molecular complexity index is 1950. The van der Waals surface area contributed by atoms with E-state index in [0.717, 1.165) is 103 Å². The zero-order chi connectivity index (χ0) is 102. The van der Waals surface area contributed by atoms with Crippen LogP contribution in [0.1, 0.15) is 723 Å². The third-order valence-corrected chi connectivity index (χ3v) is 25.9. The quantitative estimate of drug-likeness (QED) is 0.0511. The van der Waals surface area contributed by atoms with E-state index in [2.05, 4.69) is 55.4 Å². The van der Waals surface area contributed by atoms with Crippen LogP contribution in [0.4, 0.5) is 0 Å². The molecule has 0 saturated heterocycles. The molecule has 0 atom stereocenters. The van der Waals surface area contributed by atoms with Gasteiger partial charge in [0.1, 0.15) is 0 Å². The van der Waals surface area contributed by atoms with Crippen LogP contribution in [0.15, 0.2) is 0 Å². The van der Waals surface area contributed by atoms with E-state index in [-0.39, 0.29) is 104 Å². The summed E-state index contributed by atoms with van der Waals surface area (Å²) >= 11 is 0. The molecule has 0 spiro atoms. The normalized spacial score (nSPS) is 10.5. The fourth-order valence-corrected chi connectivity index (χ4v) is 16.9. The summed E-state index contributed by atoms with van der Waals surface area (Å²) in [6, 6.07) is 0. The van der Waals surface area contributed by atoms with Crippen molar-refractivity contribution in [3.63, 3.8) is 0 Å². The zero-order valence-electron chi connectivity index (χ0n) is 93.1. The van der Waals surface area contributed by atoms with Crippen LogP contribution in [0.25, 0.3) is 0 Å². The van der Waals surface area contributed by atoms with Gasteiger partial charge in [-0.2, -0.15) is 0 Å². The van der Waals surface area contributed by atoms with Crippen molar-refractivity contribution in [2.24, 2.45) is 0 Å². The molecule has 138 heavy (non-hydrogen) atoms. The number of carboxylic acid groups (broad SMARTS) is 8. The SMILES string of the molecule is CCCCCCCCCCCC(=O)[O-].CCCCCCCCCCCC(=O)[O-].CCCCCCCCCCCC(=O)[O-].CCCCCCCCCCCC(=O)[O-].CCCCCCCCCCCCCCCCCC(=O)[O-].CCCCCCCCCCCCCCCCCC(=O)[O-].CCCCCCCCCCCCCCCCCC(=O)[O-].CCCCCCCCCCCCCCCCCC(=O)[O-].[Zr+4].[Zr+4]. The van der Waals surface area contributed by atoms with Gasteiger partial charge in [-0.1, -0.05) is 620 Å². The smallest absolute Gasteiger partial charge is 0.550 e. The van der Waals surface area contributed by atoms with Crippen molar-refractivity contribution in [2.45, 2.75) is 723 Å². The molecule has 0 aromatic carbocycles. The van der Waals surface area contributed by atoms with E-state index in [4.69, 9.17) is 0 Å². The molecule has 16 nitrogen and oxygen atoms in total. The summed E-state index contributed by atoms with van der Waals surface area (Å²) in [5.74, 6) is -7.25. The second-order valence-electron chi connectivity index (χ2n) is 40.1. The van der Waals surface area contributed by atoms with Gasteiger partial charge in [0.25, 0.3) is 0 Å². The molecule has 0 rings (SSSR count). The molecule has 0 unspecified atom stereocenters. The van der Waals surface area contributed by atoms with Crippen molar-refractivity contribution in [3.8, 4) is 0 Å². The summed E-state index contributed by atoms with van der Waals surface area (Å²) in [5, 5.41) is 81.3. The minimum atomic E-state index is -0.909. The molecule has 0 radical (unpaired) electrons. The molecule has 0 N–H and O–H groups in total. The van der Waals surface area contributed by atoms with E-state index in [9.17, 15) is 79.2 Å². The largest absolute Gasteiger partial charge is 4.00 e. The first kappa shape index (κ1) is 156. The fourth-order valence-electron chi connectivity index (χ4n) is 16.9. The van der Waals surface area contributed by atoms with Crippen LogP contribution in [0.3, 0.4) is 0 Å². The molecular weight excluding hydrogens is 1880 g/mol. The van der Waals surface area contributed by atoms with Gasteiger partial charge in [0.05, 0.1) is 0 Å². The van der Waals surface area contributed by atoms with Crippen LogP contribution < -0.4 is 40.9 Å². The van der Waals surface area contributed by atoms with E-state index >= 15 is 0 Å². The zero-order valence-corrected chi connectivity index (χ0v) is 98.0. The number of rotatable bonds is 104. The molecule has 0 aliphatic heterocycles. The van der Waals surface area contributed by atoms with E-state index < -0.39 is 47.8 Å². The summed E-state index contributed by atoms with van der Waals surface area (Å²) in [6.45, 7) is 18.0. The van der Waals surface area contributed by atoms with E-state index in [1.54, 1.807) is 0 Å². The molecule has 0 saturated carbocycles. The van der Waals surface area contributed by atoms with E-state index in [0.29, 0.717) is 0 Å². The monoisotopic (exact) mass is 2110 g/mol. The summed E-state index contributed by atoms with van der Waals surface area (Å²) in [7, 11) is 0. The first-order valence-electron chi connectivity index (χ1n) is 59.8. The number of carboxylic acids is 8. The molecule has 0 aromatic rings. The first-order valence-corrected chi connectivity index (χ1v) is 59.8. The van der Waals surface area contributed by atoms with Crippen LogP contribution >= 0.6 is 0 Å². The van der Waals surface area contributed by atoms with Gasteiger partial charge in [-0.05, 0) is 103 Å². The molecule has 0 amide bonds. The maximum Gasteiger partial charge on any atom is 4.00 e. The van der Waals surface area contributed by atoms with Gasteiger partial charge < -0.3 is 79.2 Å². The predicted molar refractivity (Wildman–Crippen MR) is 566 cm³/mol.